The van der Waals surface area contributed by atoms with Gasteiger partial charge in [0.25, 0.3) is 0 Å². The van der Waals surface area contributed by atoms with Gasteiger partial charge in [-0.2, -0.15) is 0 Å². The molecule has 0 saturated heterocycles. The molecule has 148 valence electrons. The van der Waals surface area contributed by atoms with Crippen LogP contribution in [0.15, 0.2) is 53.5 Å². The average Bonchev–Trinajstić information content (AvgIpc) is 2.64. The Kier molecular flexibility index (Phi) is 10.1. The van der Waals surface area contributed by atoms with E-state index < -0.39 is 6.10 Å². The highest BCUT2D eigenvalue weighted by Crippen LogP contribution is 2.18. The summed E-state index contributed by atoms with van der Waals surface area (Å²) in [5, 5.41) is 13.6. The van der Waals surface area contributed by atoms with E-state index in [4.69, 9.17) is 4.74 Å². The summed E-state index contributed by atoms with van der Waals surface area (Å²) < 4.78 is 18.5. The van der Waals surface area contributed by atoms with Gasteiger partial charge in [-0.05, 0) is 42.3 Å². The number of nitrogens with one attached hydrogen (secondary N) is 1. The summed E-state index contributed by atoms with van der Waals surface area (Å²) in [7, 11) is 3.49. The number of guanidine groups is 1. The van der Waals surface area contributed by atoms with Crippen molar-refractivity contribution in [1.29, 1.82) is 0 Å². The van der Waals surface area contributed by atoms with Crippen LogP contribution in [0.5, 0.6) is 5.75 Å². The number of hydrogen-bond acceptors (Lipinski definition) is 3. The number of nitrogens with zero attached hydrogens (tertiary/aromatic N) is 2. The molecule has 7 heteroatoms. The predicted molar refractivity (Wildman–Crippen MR) is 117 cm³/mol. The fraction of sp³-hybridized carbons (Fsp3) is 0.350. The molecule has 2 rings (SSSR count). The van der Waals surface area contributed by atoms with Crippen molar-refractivity contribution in [3.8, 4) is 5.75 Å². The van der Waals surface area contributed by atoms with E-state index in [0.717, 1.165) is 16.9 Å². The molecule has 0 saturated carbocycles. The van der Waals surface area contributed by atoms with Crippen LogP contribution in [0.25, 0.3) is 0 Å². The topological polar surface area (TPSA) is 57.1 Å². The summed E-state index contributed by atoms with van der Waals surface area (Å²) in [5.41, 5.74) is 1.63. The molecule has 2 aromatic carbocycles. The number of aliphatic imine (C=N–C) groups is 1. The molecule has 5 nitrogen and oxygen atoms in total. The van der Waals surface area contributed by atoms with Crippen LogP contribution in [0.1, 0.15) is 24.2 Å². The largest absolute Gasteiger partial charge is 0.497 e. The number of rotatable bonds is 7. The number of hydrogen-bond donors (Lipinski definition) is 2. The fourth-order valence-electron chi connectivity index (χ4n) is 2.56. The molecule has 1 unspecified atom stereocenters. The van der Waals surface area contributed by atoms with E-state index in [-0.39, 0.29) is 36.3 Å². The highest BCUT2D eigenvalue weighted by atomic mass is 127. The Morgan fingerprint density at radius 1 is 1.26 bits per heavy atom. The van der Waals surface area contributed by atoms with Crippen LogP contribution in [0.4, 0.5) is 4.39 Å². The van der Waals surface area contributed by atoms with Gasteiger partial charge in [0.2, 0.25) is 0 Å². The van der Waals surface area contributed by atoms with Crippen LogP contribution < -0.4 is 10.1 Å². The average molecular weight is 487 g/mol. The van der Waals surface area contributed by atoms with Crippen molar-refractivity contribution in [3.05, 3.63) is 65.5 Å². The van der Waals surface area contributed by atoms with Gasteiger partial charge in [-0.25, -0.2) is 4.39 Å². The smallest absolute Gasteiger partial charge is 0.194 e. The van der Waals surface area contributed by atoms with E-state index in [1.54, 1.807) is 13.2 Å². The summed E-state index contributed by atoms with van der Waals surface area (Å²) in [5.74, 6) is 1.14. The van der Waals surface area contributed by atoms with E-state index in [2.05, 4.69) is 10.3 Å². The number of ether oxygens (including phenoxy) is 1. The number of benzene rings is 2. The zero-order valence-corrected chi connectivity index (χ0v) is 18.2. The van der Waals surface area contributed by atoms with Crippen LogP contribution in [-0.4, -0.2) is 43.2 Å². The van der Waals surface area contributed by atoms with E-state index in [1.165, 1.54) is 12.1 Å². The Morgan fingerprint density at radius 2 is 1.96 bits per heavy atom. The van der Waals surface area contributed by atoms with Crippen molar-refractivity contribution in [2.24, 2.45) is 4.99 Å². The van der Waals surface area contributed by atoms with Crippen LogP contribution in [-0.2, 0) is 6.54 Å². The van der Waals surface area contributed by atoms with Crippen molar-refractivity contribution in [1.82, 2.24) is 10.2 Å². The molecule has 0 aliphatic rings. The van der Waals surface area contributed by atoms with E-state index in [9.17, 15) is 9.50 Å². The number of aliphatic hydroxyl groups is 1. The first-order valence-electron chi connectivity index (χ1n) is 8.59. The van der Waals surface area contributed by atoms with Crippen LogP contribution >= 0.6 is 24.0 Å². The molecule has 0 spiro atoms. The molecule has 2 N–H and O–H groups in total. The molecule has 0 amide bonds. The van der Waals surface area contributed by atoms with E-state index in [1.807, 2.05) is 49.2 Å². The third-order valence-corrected chi connectivity index (χ3v) is 3.92. The van der Waals surface area contributed by atoms with Crippen molar-refractivity contribution < 1.29 is 14.2 Å². The lowest BCUT2D eigenvalue weighted by atomic mass is 10.1. The van der Waals surface area contributed by atoms with Crippen molar-refractivity contribution in [2.45, 2.75) is 19.6 Å². The summed E-state index contributed by atoms with van der Waals surface area (Å²) in [6, 6.07) is 13.8. The molecular formula is C20H27FIN3O2. The molecule has 1 atom stereocenters. The molecule has 0 radical (unpaired) electrons. The summed E-state index contributed by atoms with van der Waals surface area (Å²) in [4.78, 5) is 6.41. The molecule has 2 aromatic rings. The van der Waals surface area contributed by atoms with Gasteiger partial charge in [-0.1, -0.05) is 24.3 Å². The third kappa shape index (κ3) is 7.34. The van der Waals surface area contributed by atoms with Crippen LogP contribution in [0.3, 0.4) is 0 Å². The lowest BCUT2D eigenvalue weighted by Crippen LogP contribution is -2.38. The number of methoxy groups -OCH3 is 1. The van der Waals surface area contributed by atoms with Gasteiger partial charge in [0.05, 0.1) is 19.8 Å². The third-order valence-electron chi connectivity index (χ3n) is 3.92. The molecule has 0 bridgehead atoms. The van der Waals surface area contributed by atoms with Gasteiger partial charge in [-0.15, -0.1) is 24.0 Å². The molecule has 0 aliphatic heterocycles. The first-order chi connectivity index (χ1) is 12.5. The van der Waals surface area contributed by atoms with Gasteiger partial charge in [0.15, 0.2) is 5.96 Å². The van der Waals surface area contributed by atoms with E-state index >= 15 is 0 Å². The second kappa shape index (κ2) is 11.8. The predicted octanol–water partition coefficient (Wildman–Crippen LogP) is 3.58. The first-order valence-corrected chi connectivity index (χ1v) is 8.59. The van der Waals surface area contributed by atoms with Gasteiger partial charge in [0.1, 0.15) is 11.6 Å². The highest BCUT2D eigenvalue weighted by Gasteiger charge is 2.11. The Balaban J connectivity index is 0.00000364. The quantitative estimate of drug-likeness (QED) is 0.356. The second-order valence-corrected chi connectivity index (χ2v) is 5.97. The van der Waals surface area contributed by atoms with Crippen LogP contribution in [0.2, 0.25) is 0 Å². The molecular weight excluding hydrogens is 460 g/mol. The second-order valence-electron chi connectivity index (χ2n) is 5.97. The first kappa shape index (κ1) is 23.2. The fourth-order valence-corrected chi connectivity index (χ4v) is 2.56. The van der Waals surface area contributed by atoms with Gasteiger partial charge in [-0.3, -0.25) is 4.99 Å². The lowest BCUT2D eigenvalue weighted by molar-refractivity contribution is 0.186. The van der Waals surface area contributed by atoms with Gasteiger partial charge < -0.3 is 20.1 Å². The Labute approximate surface area is 177 Å². The maximum absolute atomic E-state index is 13.4. The molecule has 0 aromatic heterocycles. The standard InChI is InChI=1S/C20H26FN3O2.HI/c1-4-22-20(24(2)14-15-6-5-7-17(21)12-15)23-13-19(25)16-8-10-18(26-3)11-9-16;/h5-12,19,25H,4,13-14H2,1-3H3,(H,22,23);1H. The van der Waals surface area contributed by atoms with Gasteiger partial charge in [0, 0.05) is 20.1 Å². The minimum atomic E-state index is -0.711. The van der Waals surface area contributed by atoms with E-state index in [0.29, 0.717) is 19.0 Å². The minimum Gasteiger partial charge on any atom is -0.497 e. The Bertz CT molecular complexity index is 725. The molecule has 0 heterocycles. The lowest BCUT2D eigenvalue weighted by Gasteiger charge is -2.22. The maximum atomic E-state index is 13.4. The minimum absolute atomic E-state index is 0. The van der Waals surface area contributed by atoms with Crippen molar-refractivity contribution in [3.63, 3.8) is 0 Å². The molecule has 0 fully saturated rings. The van der Waals surface area contributed by atoms with Crippen LogP contribution in [0, 0.1) is 5.82 Å². The summed E-state index contributed by atoms with van der Waals surface area (Å²) in [6.45, 7) is 3.42. The Hall–Kier alpha value is -1.87. The monoisotopic (exact) mass is 487 g/mol. The van der Waals surface area contributed by atoms with Crippen molar-refractivity contribution >= 4 is 29.9 Å². The maximum Gasteiger partial charge on any atom is 0.194 e. The SMILES string of the molecule is CCNC(=NCC(O)c1ccc(OC)cc1)N(C)Cc1cccc(F)c1.I. The molecule has 0 aliphatic carbocycles. The summed E-state index contributed by atoms with van der Waals surface area (Å²) in [6.07, 6.45) is -0.711. The number of aliphatic hydroxyl groups excluding tert-OH is 1. The summed E-state index contributed by atoms with van der Waals surface area (Å²) >= 11 is 0. The zero-order valence-electron chi connectivity index (χ0n) is 15.9. The van der Waals surface area contributed by atoms with Gasteiger partial charge >= 0.3 is 0 Å². The normalized spacial score (nSPS) is 12.1. The zero-order chi connectivity index (χ0) is 18.9. The Morgan fingerprint density at radius 3 is 2.56 bits per heavy atom. The van der Waals surface area contributed by atoms with Crippen molar-refractivity contribution in [2.75, 3.05) is 27.2 Å². The highest BCUT2D eigenvalue weighted by molar-refractivity contribution is 14.0. The number of halogens is 2. The molecule has 27 heavy (non-hydrogen) atoms.